The van der Waals surface area contributed by atoms with Gasteiger partial charge in [0.1, 0.15) is 30.3 Å². The molecule has 5 rings (SSSR count). The summed E-state index contributed by atoms with van der Waals surface area (Å²) in [4.78, 5) is 53.9. The Morgan fingerprint density at radius 1 is 0.797 bits per heavy atom. The number of amides is 3. The number of rotatable bonds is 14. The lowest BCUT2D eigenvalue weighted by Gasteiger charge is -2.39. The molecule has 19 heteroatoms. The monoisotopic (exact) mass is 988 g/mol. The number of hydrazine groups is 1. The van der Waals surface area contributed by atoms with Gasteiger partial charge in [0.25, 0.3) is 0 Å². The highest BCUT2D eigenvalue weighted by molar-refractivity contribution is 9.10. The van der Waals surface area contributed by atoms with Gasteiger partial charge in [-0.25, -0.2) is 29.8 Å². The van der Waals surface area contributed by atoms with E-state index in [4.69, 9.17) is 33.8 Å². The third-order valence-electron chi connectivity index (χ3n) is 10.6. The molecule has 2 bridgehead atoms. The van der Waals surface area contributed by atoms with E-state index in [0.717, 1.165) is 58.8 Å². The van der Waals surface area contributed by atoms with Crippen molar-refractivity contribution in [1.29, 1.82) is 0 Å². The minimum Gasteiger partial charge on any atom is -0.444 e. The Morgan fingerprint density at radius 3 is 1.83 bits per heavy atom. The van der Waals surface area contributed by atoms with Crippen LogP contribution in [0.1, 0.15) is 99.6 Å². The summed E-state index contributed by atoms with van der Waals surface area (Å²) < 4.78 is 32.4. The first-order valence-corrected chi connectivity index (χ1v) is 30.7. The highest BCUT2D eigenvalue weighted by Crippen LogP contribution is 2.47. The zero-order valence-electron chi connectivity index (χ0n) is 40.9. The molecule has 3 aromatic rings. The minimum atomic E-state index is -1.37. The van der Waals surface area contributed by atoms with Gasteiger partial charge in [0.2, 0.25) is 0 Å². The van der Waals surface area contributed by atoms with E-state index < -0.39 is 45.1 Å². The molecule has 3 aromatic heterocycles. The van der Waals surface area contributed by atoms with E-state index in [1.807, 2.05) is 30.2 Å². The molecule has 356 valence electrons. The number of ether oxygens (including phenoxy) is 5. The van der Waals surface area contributed by atoms with E-state index in [-0.39, 0.29) is 43.4 Å². The number of aromatic nitrogens is 4. The predicted molar refractivity (Wildman–Crippen MR) is 259 cm³/mol. The lowest BCUT2D eigenvalue weighted by atomic mass is 9.88. The van der Waals surface area contributed by atoms with Crippen molar-refractivity contribution < 1.29 is 38.1 Å². The third-order valence-corrected chi connectivity index (χ3v) is 14.7. The lowest BCUT2D eigenvalue weighted by Crippen LogP contribution is -2.50. The number of nitrogens with one attached hydrogen (secondary N) is 1. The van der Waals surface area contributed by atoms with Crippen LogP contribution in [-0.2, 0) is 23.7 Å². The number of fused-ring (bicyclic) bond motifs is 3. The molecule has 0 radical (unpaired) electrons. The van der Waals surface area contributed by atoms with E-state index in [1.54, 1.807) is 66.1 Å². The topological polar surface area (TPSA) is 162 Å². The molecule has 0 saturated carbocycles. The molecular weight excluding hydrogens is 917 g/mol. The van der Waals surface area contributed by atoms with Crippen molar-refractivity contribution in [3.05, 3.63) is 34.7 Å². The maximum Gasteiger partial charge on any atom is 0.435 e. The number of hydrogen-bond donors (Lipinski definition) is 1. The highest BCUT2D eigenvalue weighted by Gasteiger charge is 2.46. The smallest absolute Gasteiger partial charge is 0.435 e. The fraction of sp³-hybridized carbons (Fsp3) is 0.689. The SMILES string of the molecule is CC(C)(C)OC(=O)NN(C(=O)OC(C)(C)C)c1ccc(-c2cnn3c(N(COCC[Si](C)(C)C)COCC[Si](C)(C)C)c(Br)c(C4C[C@H]5CC[C@@H](C4)N5C(=O)OC(C)(C)C)nc23)cn1. The number of pyridine rings is 1. The van der Waals surface area contributed by atoms with Gasteiger partial charge in [-0.3, -0.25) is 0 Å². The van der Waals surface area contributed by atoms with Crippen LogP contribution in [0.5, 0.6) is 0 Å². The Hall–Kier alpha value is -3.79. The molecule has 2 aliphatic rings. The highest BCUT2D eigenvalue weighted by atomic mass is 79.9. The van der Waals surface area contributed by atoms with Gasteiger partial charge in [-0.05, 0) is 128 Å². The Labute approximate surface area is 390 Å². The Morgan fingerprint density at radius 2 is 1.34 bits per heavy atom. The van der Waals surface area contributed by atoms with Crippen molar-refractivity contribution in [3.8, 4) is 11.1 Å². The molecule has 2 fully saturated rings. The van der Waals surface area contributed by atoms with Crippen LogP contribution in [-0.4, -0.2) is 114 Å². The molecule has 0 spiro atoms. The maximum absolute atomic E-state index is 13.5. The molecule has 3 atom stereocenters. The zero-order valence-corrected chi connectivity index (χ0v) is 44.5. The average Bonchev–Trinajstić information content (AvgIpc) is 3.67. The summed E-state index contributed by atoms with van der Waals surface area (Å²) in [5.74, 6) is 0.875. The molecule has 2 aliphatic heterocycles. The summed E-state index contributed by atoms with van der Waals surface area (Å²) in [7, 11) is -2.73. The van der Waals surface area contributed by atoms with Crippen LogP contribution in [0.15, 0.2) is 29.0 Å². The second kappa shape index (κ2) is 20.0. The van der Waals surface area contributed by atoms with Gasteiger partial charge in [0.05, 0.1) is 16.4 Å². The molecule has 1 N–H and O–H groups in total. The zero-order chi connectivity index (χ0) is 47.6. The summed E-state index contributed by atoms with van der Waals surface area (Å²) >= 11 is 4.05. The van der Waals surface area contributed by atoms with Crippen molar-refractivity contribution >= 4 is 67.6 Å². The largest absolute Gasteiger partial charge is 0.444 e. The number of carbonyl (C=O) groups excluding carboxylic acids is 3. The van der Waals surface area contributed by atoms with Crippen molar-refractivity contribution in [1.82, 2.24) is 29.9 Å². The molecule has 2 saturated heterocycles. The molecule has 64 heavy (non-hydrogen) atoms. The van der Waals surface area contributed by atoms with E-state index in [9.17, 15) is 14.4 Å². The van der Waals surface area contributed by atoms with Gasteiger partial charge < -0.3 is 33.5 Å². The van der Waals surface area contributed by atoms with Crippen LogP contribution in [0.2, 0.25) is 51.4 Å². The normalized spacial score (nSPS) is 18.2. The van der Waals surface area contributed by atoms with Gasteiger partial charge in [-0.15, -0.1) is 0 Å². The summed E-state index contributed by atoms with van der Waals surface area (Å²) in [6, 6.07) is 5.48. The number of piperidine rings is 1. The number of halogens is 1. The number of hydrogen-bond acceptors (Lipinski definition) is 12. The fourth-order valence-electron chi connectivity index (χ4n) is 7.57. The second-order valence-electron chi connectivity index (χ2n) is 22.4. The Balaban J connectivity index is 1.59. The van der Waals surface area contributed by atoms with Crippen molar-refractivity contribution in [2.45, 2.75) is 174 Å². The van der Waals surface area contributed by atoms with Crippen LogP contribution in [0.25, 0.3) is 16.8 Å². The number of carbonyl (C=O) groups is 3. The van der Waals surface area contributed by atoms with Crippen LogP contribution in [0, 0.1) is 0 Å². The summed E-state index contributed by atoms with van der Waals surface area (Å²) in [6.07, 6.45) is 4.67. The lowest BCUT2D eigenvalue weighted by molar-refractivity contribution is 0.00562. The average molecular weight is 990 g/mol. The van der Waals surface area contributed by atoms with Gasteiger partial charge in [-0.2, -0.15) is 14.6 Å². The van der Waals surface area contributed by atoms with Crippen LogP contribution < -0.4 is 15.3 Å². The minimum absolute atomic E-state index is 0.0150. The quantitative estimate of drug-likeness (QED) is 0.0536. The van der Waals surface area contributed by atoms with Crippen molar-refractivity contribution in [2.24, 2.45) is 0 Å². The van der Waals surface area contributed by atoms with Crippen molar-refractivity contribution in [2.75, 3.05) is 36.6 Å². The van der Waals surface area contributed by atoms with Crippen LogP contribution in [0.3, 0.4) is 0 Å². The second-order valence-corrected chi connectivity index (χ2v) is 34.5. The summed E-state index contributed by atoms with van der Waals surface area (Å²) in [6.45, 7) is 31.9. The molecule has 0 aromatic carbocycles. The first-order valence-electron chi connectivity index (χ1n) is 22.5. The van der Waals surface area contributed by atoms with E-state index in [1.165, 1.54) is 0 Å². The predicted octanol–water partition coefficient (Wildman–Crippen LogP) is 10.8. The summed E-state index contributed by atoms with van der Waals surface area (Å²) in [5, 5.41) is 5.87. The van der Waals surface area contributed by atoms with E-state index in [0.29, 0.717) is 30.0 Å². The standard InChI is InChI=1S/C45H73BrN8O8Si2/c1-43(2,3)60-40(55)50-53(42(57)62-45(7,8)9)35-19-16-30(26-47-35)34-27-48-54-38(34)49-37(31-24-32-17-18-33(25-31)52(32)41(56)61-44(4,5)6)36(46)39(54)51(28-58-20-22-63(10,11)12)29-59-21-23-64(13,14)15/h16,19,26-27,31-33H,17-18,20-25,28-29H2,1-15H3,(H,50,55)/t31?,32-,33+. The van der Waals surface area contributed by atoms with Gasteiger partial charge in [-0.1, -0.05) is 39.3 Å². The molecule has 5 heterocycles. The fourth-order valence-corrected chi connectivity index (χ4v) is 9.92. The van der Waals surface area contributed by atoms with Gasteiger partial charge in [0.15, 0.2) is 17.3 Å². The first-order chi connectivity index (χ1) is 29.5. The van der Waals surface area contributed by atoms with Crippen molar-refractivity contribution in [3.63, 3.8) is 0 Å². The molecule has 1 unspecified atom stereocenters. The number of anilines is 2. The first kappa shape index (κ1) is 51.2. The Bertz CT molecular complexity index is 2070. The molecule has 0 aliphatic carbocycles. The van der Waals surface area contributed by atoms with Crippen LogP contribution >= 0.6 is 15.9 Å². The van der Waals surface area contributed by atoms with Crippen LogP contribution in [0.4, 0.5) is 26.0 Å². The van der Waals surface area contributed by atoms with Gasteiger partial charge in [0, 0.05) is 64.7 Å². The van der Waals surface area contributed by atoms with E-state index in [2.05, 4.69) is 70.5 Å². The molecule has 16 nitrogen and oxygen atoms in total. The van der Waals surface area contributed by atoms with E-state index >= 15 is 0 Å². The number of nitrogens with zero attached hydrogens (tertiary/aromatic N) is 7. The Kier molecular flexibility index (Phi) is 16.0. The maximum atomic E-state index is 13.5. The molecular formula is C45H73BrN8O8Si2. The van der Waals surface area contributed by atoms with Gasteiger partial charge >= 0.3 is 18.3 Å². The molecule has 3 amide bonds. The third kappa shape index (κ3) is 14.4. The summed E-state index contributed by atoms with van der Waals surface area (Å²) in [5.41, 5.74) is 3.08.